The van der Waals surface area contributed by atoms with Crippen molar-refractivity contribution in [2.24, 2.45) is 5.92 Å². The van der Waals surface area contributed by atoms with Gasteiger partial charge >= 0.3 is 5.97 Å². The molecule has 0 aliphatic carbocycles. The van der Waals surface area contributed by atoms with Gasteiger partial charge < -0.3 is 20.1 Å². The molecule has 140 valence electrons. The monoisotopic (exact) mass is 368 g/mol. The van der Waals surface area contributed by atoms with E-state index in [1.165, 1.54) is 13.2 Å². The summed E-state index contributed by atoms with van der Waals surface area (Å²) in [6.45, 7) is 1.93. The molecule has 2 aromatic rings. The van der Waals surface area contributed by atoms with Crippen molar-refractivity contribution in [1.29, 1.82) is 0 Å². The maximum absolute atomic E-state index is 12.6. The first-order valence-corrected chi connectivity index (χ1v) is 8.49. The zero-order valence-electron chi connectivity index (χ0n) is 15.1. The zero-order chi connectivity index (χ0) is 19.6. The molecule has 7 heteroatoms. The molecular formula is C20H20N2O5. The summed E-state index contributed by atoms with van der Waals surface area (Å²) in [5.74, 6) is -1.49. The molecule has 27 heavy (non-hydrogen) atoms. The smallest absolute Gasteiger partial charge is 0.336 e. The number of carbonyl (C=O) groups excluding carboxylic acids is 2. The summed E-state index contributed by atoms with van der Waals surface area (Å²) in [5.41, 5.74) is 1.76. The highest BCUT2D eigenvalue weighted by Gasteiger charge is 2.36. The van der Waals surface area contributed by atoms with Crippen LogP contribution in [0, 0.1) is 12.8 Å². The number of aromatic carboxylic acids is 1. The van der Waals surface area contributed by atoms with Gasteiger partial charge in [-0.25, -0.2) is 4.79 Å². The van der Waals surface area contributed by atoms with Crippen LogP contribution in [0.5, 0.6) is 5.75 Å². The van der Waals surface area contributed by atoms with Crippen LogP contribution in [0.15, 0.2) is 42.5 Å². The molecule has 0 bridgehead atoms. The number of benzene rings is 2. The van der Waals surface area contributed by atoms with Crippen LogP contribution in [0.1, 0.15) is 22.3 Å². The number of carbonyl (C=O) groups is 3. The van der Waals surface area contributed by atoms with E-state index in [0.717, 1.165) is 0 Å². The average molecular weight is 368 g/mol. The van der Waals surface area contributed by atoms with E-state index in [1.54, 1.807) is 42.2 Å². The quantitative estimate of drug-likeness (QED) is 0.846. The molecule has 1 heterocycles. The molecule has 1 fully saturated rings. The summed E-state index contributed by atoms with van der Waals surface area (Å²) in [7, 11) is 1.53. The highest BCUT2D eigenvalue weighted by atomic mass is 16.5. The Morgan fingerprint density at radius 3 is 2.67 bits per heavy atom. The van der Waals surface area contributed by atoms with Gasteiger partial charge in [0.2, 0.25) is 11.8 Å². The Bertz CT molecular complexity index is 909. The Morgan fingerprint density at radius 1 is 1.22 bits per heavy atom. The Hall–Kier alpha value is -3.35. The van der Waals surface area contributed by atoms with Gasteiger partial charge in [-0.1, -0.05) is 18.2 Å². The van der Waals surface area contributed by atoms with E-state index in [4.69, 9.17) is 4.74 Å². The Kier molecular flexibility index (Phi) is 5.12. The molecule has 2 N–H and O–H groups in total. The van der Waals surface area contributed by atoms with Crippen LogP contribution in [-0.4, -0.2) is 36.5 Å². The van der Waals surface area contributed by atoms with E-state index in [2.05, 4.69) is 5.32 Å². The minimum Gasteiger partial charge on any atom is -0.495 e. The number of hydrogen-bond acceptors (Lipinski definition) is 4. The van der Waals surface area contributed by atoms with Gasteiger partial charge in [-0.3, -0.25) is 9.59 Å². The molecule has 0 saturated carbocycles. The first-order valence-electron chi connectivity index (χ1n) is 8.49. The van der Waals surface area contributed by atoms with E-state index in [-0.39, 0.29) is 30.3 Å². The van der Waals surface area contributed by atoms with Crippen molar-refractivity contribution >= 4 is 29.2 Å². The maximum atomic E-state index is 12.6. The second-order valence-corrected chi connectivity index (χ2v) is 6.40. The SMILES string of the molecule is COc1ccccc1N1CC(C(=O)Nc2ccc(C)c(C(=O)O)c2)CC1=O. The number of ether oxygens (including phenoxy) is 1. The number of nitrogens with one attached hydrogen (secondary N) is 1. The molecule has 3 rings (SSSR count). The van der Waals surface area contributed by atoms with Crippen molar-refractivity contribution < 1.29 is 24.2 Å². The maximum Gasteiger partial charge on any atom is 0.336 e. The van der Waals surface area contributed by atoms with Crippen LogP contribution in [0.4, 0.5) is 11.4 Å². The Labute approximate surface area is 156 Å². The fourth-order valence-corrected chi connectivity index (χ4v) is 3.14. The van der Waals surface area contributed by atoms with Crippen molar-refractivity contribution in [1.82, 2.24) is 0 Å². The van der Waals surface area contributed by atoms with Gasteiger partial charge in [0, 0.05) is 18.7 Å². The number of carboxylic acid groups (broad SMARTS) is 1. The standard InChI is InChI=1S/C20H20N2O5/c1-12-7-8-14(10-15(12)20(25)26)21-19(24)13-9-18(23)22(11-13)16-5-3-4-6-17(16)27-2/h3-8,10,13H,9,11H2,1-2H3,(H,21,24)(H,25,26). The first kappa shape index (κ1) is 18.4. The minimum atomic E-state index is -1.05. The molecule has 1 aliphatic rings. The highest BCUT2D eigenvalue weighted by Crippen LogP contribution is 2.33. The highest BCUT2D eigenvalue weighted by molar-refractivity contribution is 6.04. The van der Waals surface area contributed by atoms with Crippen molar-refractivity contribution in [3.63, 3.8) is 0 Å². The second kappa shape index (κ2) is 7.49. The molecule has 1 saturated heterocycles. The third kappa shape index (κ3) is 3.76. The van der Waals surface area contributed by atoms with E-state index in [9.17, 15) is 19.5 Å². The molecule has 0 spiro atoms. The van der Waals surface area contributed by atoms with E-state index >= 15 is 0 Å². The van der Waals surface area contributed by atoms with Gasteiger partial charge in [-0.05, 0) is 36.8 Å². The average Bonchev–Trinajstić information content (AvgIpc) is 3.04. The summed E-state index contributed by atoms with van der Waals surface area (Å²) in [4.78, 5) is 37.8. The largest absolute Gasteiger partial charge is 0.495 e. The van der Waals surface area contributed by atoms with Crippen LogP contribution in [0.3, 0.4) is 0 Å². The number of hydrogen-bond donors (Lipinski definition) is 2. The number of nitrogens with zero attached hydrogens (tertiary/aromatic N) is 1. The first-order chi connectivity index (χ1) is 12.9. The van der Waals surface area contributed by atoms with Crippen molar-refractivity contribution in [3.05, 3.63) is 53.6 Å². The number of carboxylic acids is 1. The van der Waals surface area contributed by atoms with Crippen LogP contribution in [-0.2, 0) is 9.59 Å². The summed E-state index contributed by atoms with van der Waals surface area (Å²) < 4.78 is 5.29. The van der Waals surface area contributed by atoms with E-state index < -0.39 is 11.9 Å². The predicted molar refractivity (Wildman–Crippen MR) is 100 cm³/mol. The number of para-hydroxylation sites is 2. The Morgan fingerprint density at radius 2 is 1.96 bits per heavy atom. The molecule has 2 amide bonds. The lowest BCUT2D eigenvalue weighted by Gasteiger charge is -2.19. The molecule has 1 atom stereocenters. The Balaban J connectivity index is 1.75. The number of aryl methyl sites for hydroxylation is 1. The molecule has 0 aromatic heterocycles. The summed E-state index contributed by atoms with van der Waals surface area (Å²) in [5, 5.41) is 11.9. The van der Waals surface area contributed by atoms with Gasteiger partial charge in [-0.15, -0.1) is 0 Å². The lowest BCUT2D eigenvalue weighted by atomic mass is 10.1. The topological polar surface area (TPSA) is 95.9 Å². The van der Waals surface area contributed by atoms with Gasteiger partial charge in [0.25, 0.3) is 0 Å². The van der Waals surface area contributed by atoms with E-state index in [0.29, 0.717) is 22.7 Å². The number of rotatable bonds is 5. The normalized spacial score (nSPS) is 16.3. The van der Waals surface area contributed by atoms with E-state index in [1.807, 2.05) is 6.07 Å². The number of anilines is 2. The lowest BCUT2D eigenvalue weighted by Crippen LogP contribution is -2.28. The van der Waals surface area contributed by atoms with Crippen LogP contribution in [0.25, 0.3) is 0 Å². The lowest BCUT2D eigenvalue weighted by molar-refractivity contribution is -0.122. The van der Waals surface area contributed by atoms with Gasteiger partial charge in [0.05, 0.1) is 24.3 Å². The van der Waals surface area contributed by atoms with Crippen molar-refractivity contribution in [2.75, 3.05) is 23.9 Å². The molecule has 2 aromatic carbocycles. The van der Waals surface area contributed by atoms with Crippen LogP contribution in [0.2, 0.25) is 0 Å². The number of methoxy groups -OCH3 is 1. The molecule has 7 nitrogen and oxygen atoms in total. The fourth-order valence-electron chi connectivity index (χ4n) is 3.14. The van der Waals surface area contributed by atoms with Crippen molar-refractivity contribution in [3.8, 4) is 5.75 Å². The molecule has 1 aliphatic heterocycles. The van der Waals surface area contributed by atoms with Gasteiger partial charge in [0.15, 0.2) is 0 Å². The zero-order valence-corrected chi connectivity index (χ0v) is 15.1. The predicted octanol–water partition coefficient (Wildman–Crippen LogP) is 2.69. The third-order valence-electron chi connectivity index (χ3n) is 4.61. The van der Waals surface area contributed by atoms with Crippen LogP contribution < -0.4 is 15.0 Å². The van der Waals surface area contributed by atoms with Crippen LogP contribution >= 0.6 is 0 Å². The summed E-state index contributed by atoms with van der Waals surface area (Å²) in [6, 6.07) is 11.9. The minimum absolute atomic E-state index is 0.0849. The van der Waals surface area contributed by atoms with Gasteiger partial charge in [0.1, 0.15) is 5.75 Å². The number of amides is 2. The second-order valence-electron chi connectivity index (χ2n) is 6.40. The molecular weight excluding hydrogens is 348 g/mol. The van der Waals surface area contributed by atoms with Crippen molar-refractivity contribution in [2.45, 2.75) is 13.3 Å². The molecule has 0 radical (unpaired) electrons. The fraction of sp³-hybridized carbons (Fsp3) is 0.250. The molecule has 1 unspecified atom stereocenters. The summed E-state index contributed by atoms with van der Waals surface area (Å²) >= 11 is 0. The van der Waals surface area contributed by atoms with Gasteiger partial charge in [-0.2, -0.15) is 0 Å². The summed E-state index contributed by atoms with van der Waals surface area (Å²) in [6.07, 6.45) is 0.0849. The third-order valence-corrected chi connectivity index (χ3v) is 4.61.